The lowest BCUT2D eigenvalue weighted by molar-refractivity contribution is -0.113. The Balaban J connectivity index is 1.73. The molecule has 6 nitrogen and oxygen atoms in total. The first-order chi connectivity index (χ1) is 12.5. The van der Waals surface area contributed by atoms with Crippen LogP contribution in [0.1, 0.15) is 25.6 Å². The summed E-state index contributed by atoms with van der Waals surface area (Å²) in [6.07, 6.45) is 1.63. The van der Waals surface area contributed by atoms with E-state index < -0.39 is 0 Å². The molecule has 3 aromatic rings. The van der Waals surface area contributed by atoms with Crippen molar-refractivity contribution in [3.8, 4) is 11.4 Å². The van der Waals surface area contributed by atoms with Crippen molar-refractivity contribution >= 4 is 35.0 Å². The standard InChI is InChI=1S/C18H19ClN4O2S/c1-11(2)23-17(15-7-8-25-12(15)3)21-22-18(23)26-10-16(24)20-14-6-4-5-13(19)9-14/h4-9,11H,10H2,1-3H3,(H,20,24). The van der Waals surface area contributed by atoms with E-state index in [1.165, 1.54) is 11.8 Å². The van der Waals surface area contributed by atoms with Crippen LogP contribution in [0, 0.1) is 6.92 Å². The van der Waals surface area contributed by atoms with Crippen molar-refractivity contribution in [1.29, 1.82) is 0 Å². The highest BCUT2D eigenvalue weighted by atomic mass is 35.5. The van der Waals surface area contributed by atoms with Gasteiger partial charge in [0, 0.05) is 16.8 Å². The van der Waals surface area contributed by atoms with Gasteiger partial charge >= 0.3 is 0 Å². The molecule has 1 amide bonds. The van der Waals surface area contributed by atoms with E-state index in [4.69, 9.17) is 16.0 Å². The van der Waals surface area contributed by atoms with Crippen LogP contribution >= 0.6 is 23.4 Å². The number of thioether (sulfide) groups is 1. The maximum atomic E-state index is 12.2. The van der Waals surface area contributed by atoms with Crippen molar-refractivity contribution in [3.63, 3.8) is 0 Å². The fourth-order valence-corrected chi connectivity index (χ4v) is 3.59. The monoisotopic (exact) mass is 390 g/mol. The lowest BCUT2D eigenvalue weighted by atomic mass is 10.2. The Morgan fingerprint density at radius 3 is 2.81 bits per heavy atom. The fourth-order valence-electron chi connectivity index (χ4n) is 2.53. The molecule has 0 fully saturated rings. The average molecular weight is 391 g/mol. The Bertz CT molecular complexity index is 920. The molecule has 1 aromatic carbocycles. The molecule has 26 heavy (non-hydrogen) atoms. The first-order valence-electron chi connectivity index (χ1n) is 8.13. The van der Waals surface area contributed by atoms with E-state index in [1.54, 1.807) is 30.5 Å². The van der Waals surface area contributed by atoms with Crippen LogP contribution in [-0.2, 0) is 4.79 Å². The molecule has 0 aliphatic rings. The van der Waals surface area contributed by atoms with Crippen LogP contribution in [0.3, 0.4) is 0 Å². The fraction of sp³-hybridized carbons (Fsp3) is 0.278. The van der Waals surface area contributed by atoms with Crippen LogP contribution < -0.4 is 5.32 Å². The van der Waals surface area contributed by atoms with Gasteiger partial charge < -0.3 is 9.73 Å². The molecule has 1 N–H and O–H groups in total. The molecule has 0 aliphatic carbocycles. The van der Waals surface area contributed by atoms with Crippen molar-refractivity contribution in [2.45, 2.75) is 32.0 Å². The van der Waals surface area contributed by atoms with Gasteiger partial charge in [0.15, 0.2) is 11.0 Å². The molecular weight excluding hydrogens is 372 g/mol. The molecular formula is C18H19ClN4O2S. The summed E-state index contributed by atoms with van der Waals surface area (Å²) in [6.45, 7) is 6.00. The number of hydrogen-bond donors (Lipinski definition) is 1. The van der Waals surface area contributed by atoms with E-state index in [9.17, 15) is 4.79 Å². The largest absolute Gasteiger partial charge is 0.469 e. The molecule has 0 atom stereocenters. The molecule has 0 bridgehead atoms. The molecule has 8 heteroatoms. The first-order valence-corrected chi connectivity index (χ1v) is 9.49. The molecule has 0 unspecified atom stereocenters. The zero-order chi connectivity index (χ0) is 18.7. The number of benzene rings is 1. The van der Waals surface area contributed by atoms with Gasteiger partial charge in [-0.3, -0.25) is 9.36 Å². The van der Waals surface area contributed by atoms with E-state index >= 15 is 0 Å². The number of amides is 1. The molecule has 0 aliphatic heterocycles. The Hall–Kier alpha value is -2.25. The van der Waals surface area contributed by atoms with Gasteiger partial charge in [-0.15, -0.1) is 10.2 Å². The van der Waals surface area contributed by atoms with Crippen molar-refractivity contribution in [2.24, 2.45) is 0 Å². The zero-order valence-corrected chi connectivity index (χ0v) is 16.3. The zero-order valence-electron chi connectivity index (χ0n) is 14.7. The van der Waals surface area contributed by atoms with E-state index in [-0.39, 0.29) is 17.7 Å². The van der Waals surface area contributed by atoms with Crippen molar-refractivity contribution < 1.29 is 9.21 Å². The van der Waals surface area contributed by atoms with Gasteiger partial charge in [0.05, 0.1) is 17.6 Å². The molecule has 0 saturated heterocycles. The summed E-state index contributed by atoms with van der Waals surface area (Å²) in [4.78, 5) is 12.2. The number of carbonyl (C=O) groups is 1. The normalized spacial score (nSPS) is 11.1. The van der Waals surface area contributed by atoms with Gasteiger partial charge in [0.25, 0.3) is 0 Å². The van der Waals surface area contributed by atoms with E-state index in [1.807, 2.05) is 17.6 Å². The number of halogens is 1. The molecule has 0 spiro atoms. The van der Waals surface area contributed by atoms with Crippen LogP contribution in [0.15, 0.2) is 46.2 Å². The van der Waals surface area contributed by atoms with Gasteiger partial charge in [0.1, 0.15) is 5.76 Å². The minimum atomic E-state index is -0.128. The van der Waals surface area contributed by atoms with Gasteiger partial charge in [-0.05, 0) is 45.0 Å². The maximum absolute atomic E-state index is 12.2. The summed E-state index contributed by atoms with van der Waals surface area (Å²) in [5.74, 6) is 1.62. The molecule has 3 rings (SSSR count). The highest BCUT2D eigenvalue weighted by Gasteiger charge is 2.20. The van der Waals surface area contributed by atoms with Crippen molar-refractivity contribution in [2.75, 3.05) is 11.1 Å². The highest BCUT2D eigenvalue weighted by Crippen LogP contribution is 2.30. The minimum absolute atomic E-state index is 0.128. The summed E-state index contributed by atoms with van der Waals surface area (Å²) in [5.41, 5.74) is 1.57. The highest BCUT2D eigenvalue weighted by molar-refractivity contribution is 7.99. The van der Waals surface area contributed by atoms with Gasteiger partial charge in [-0.1, -0.05) is 29.4 Å². The quantitative estimate of drug-likeness (QED) is 0.611. The van der Waals surface area contributed by atoms with Gasteiger partial charge in [-0.2, -0.15) is 0 Å². The minimum Gasteiger partial charge on any atom is -0.469 e. The van der Waals surface area contributed by atoms with E-state index in [2.05, 4.69) is 29.4 Å². The van der Waals surface area contributed by atoms with Crippen LogP contribution in [0.5, 0.6) is 0 Å². The molecule has 2 aromatic heterocycles. The third-order valence-corrected chi connectivity index (χ3v) is 4.90. The predicted molar refractivity (Wildman–Crippen MR) is 104 cm³/mol. The average Bonchev–Trinajstić information content (AvgIpc) is 3.18. The summed E-state index contributed by atoms with van der Waals surface area (Å²) >= 11 is 7.28. The van der Waals surface area contributed by atoms with Gasteiger partial charge in [-0.25, -0.2) is 0 Å². The van der Waals surface area contributed by atoms with E-state index in [0.29, 0.717) is 15.9 Å². The third kappa shape index (κ3) is 4.11. The summed E-state index contributed by atoms with van der Waals surface area (Å²) in [5, 5.41) is 12.7. The van der Waals surface area contributed by atoms with Crippen LogP contribution in [0.2, 0.25) is 5.02 Å². The molecule has 136 valence electrons. The second kappa shape index (κ2) is 7.97. The number of furan rings is 1. The molecule has 2 heterocycles. The number of nitrogens with zero attached hydrogens (tertiary/aromatic N) is 3. The van der Waals surface area contributed by atoms with Crippen molar-refractivity contribution in [1.82, 2.24) is 14.8 Å². The molecule has 0 saturated carbocycles. The van der Waals surface area contributed by atoms with Crippen LogP contribution in [0.25, 0.3) is 11.4 Å². The van der Waals surface area contributed by atoms with Gasteiger partial charge in [0.2, 0.25) is 5.91 Å². The molecule has 0 radical (unpaired) electrons. The second-order valence-electron chi connectivity index (χ2n) is 6.01. The number of anilines is 1. The van der Waals surface area contributed by atoms with Crippen molar-refractivity contribution in [3.05, 3.63) is 47.4 Å². The topological polar surface area (TPSA) is 72.9 Å². The number of rotatable bonds is 6. The third-order valence-electron chi connectivity index (χ3n) is 3.72. The maximum Gasteiger partial charge on any atom is 0.234 e. The summed E-state index contributed by atoms with van der Waals surface area (Å²) < 4.78 is 7.38. The SMILES string of the molecule is Cc1occc1-c1nnc(SCC(=O)Nc2cccc(Cl)c2)n1C(C)C. The number of hydrogen-bond acceptors (Lipinski definition) is 5. The predicted octanol–water partition coefficient (Wildman–Crippen LogP) is 4.81. The summed E-state index contributed by atoms with van der Waals surface area (Å²) in [7, 11) is 0. The lowest BCUT2D eigenvalue weighted by Gasteiger charge is -2.13. The Kier molecular flexibility index (Phi) is 5.68. The number of aromatic nitrogens is 3. The van der Waals surface area contributed by atoms with E-state index in [0.717, 1.165) is 17.1 Å². The first kappa shape index (κ1) is 18.5. The second-order valence-corrected chi connectivity index (χ2v) is 7.39. The summed E-state index contributed by atoms with van der Waals surface area (Å²) in [6, 6.07) is 9.08. The lowest BCUT2D eigenvalue weighted by Crippen LogP contribution is -2.15. The Labute approximate surface area is 160 Å². The smallest absolute Gasteiger partial charge is 0.234 e. The Morgan fingerprint density at radius 1 is 1.35 bits per heavy atom. The Morgan fingerprint density at radius 2 is 2.15 bits per heavy atom. The number of aryl methyl sites for hydroxylation is 1. The number of carbonyl (C=O) groups excluding carboxylic acids is 1. The van der Waals surface area contributed by atoms with Crippen LogP contribution in [0.4, 0.5) is 5.69 Å². The number of nitrogens with one attached hydrogen (secondary N) is 1. The van der Waals surface area contributed by atoms with Crippen LogP contribution in [-0.4, -0.2) is 26.4 Å².